The lowest BCUT2D eigenvalue weighted by Crippen LogP contribution is -2.52. The molecule has 102 valence electrons. The summed E-state index contributed by atoms with van der Waals surface area (Å²) in [6, 6.07) is 9.83. The lowest BCUT2D eigenvalue weighted by molar-refractivity contribution is -0.123. The van der Waals surface area contributed by atoms with Gasteiger partial charge in [-0.2, -0.15) is 0 Å². The van der Waals surface area contributed by atoms with Crippen molar-refractivity contribution < 1.29 is 4.79 Å². The zero-order valence-corrected chi connectivity index (χ0v) is 11.6. The van der Waals surface area contributed by atoms with E-state index in [1.54, 1.807) is 0 Å². The van der Waals surface area contributed by atoms with Gasteiger partial charge in [-0.15, -0.1) is 0 Å². The predicted molar refractivity (Wildman–Crippen MR) is 77.1 cm³/mol. The highest BCUT2D eigenvalue weighted by atomic mass is 16.2. The molecule has 2 aliphatic rings. The molecule has 1 amide bonds. The topological polar surface area (TPSA) is 32.3 Å². The molecule has 3 rings (SSSR count). The van der Waals surface area contributed by atoms with Crippen LogP contribution in [0.25, 0.3) is 0 Å². The van der Waals surface area contributed by atoms with Gasteiger partial charge in [-0.05, 0) is 51.3 Å². The fraction of sp³-hybridized carbons (Fsp3) is 0.562. The monoisotopic (exact) mass is 258 g/mol. The van der Waals surface area contributed by atoms with Crippen LogP contribution in [0.5, 0.6) is 0 Å². The number of rotatable bonds is 3. The summed E-state index contributed by atoms with van der Waals surface area (Å²) in [7, 11) is 0. The van der Waals surface area contributed by atoms with Crippen molar-refractivity contribution in [3.63, 3.8) is 0 Å². The minimum atomic E-state index is 0.0569. The maximum Gasteiger partial charge on any atom is 0.241 e. The summed E-state index contributed by atoms with van der Waals surface area (Å²) in [4.78, 5) is 14.9. The summed E-state index contributed by atoms with van der Waals surface area (Å²) in [5.41, 5.74) is 1.19. The number of carbonyl (C=O) groups is 1. The first-order chi connectivity index (χ1) is 9.19. The van der Waals surface area contributed by atoms with Crippen molar-refractivity contribution in [3.05, 3.63) is 30.3 Å². The number of anilines is 1. The summed E-state index contributed by atoms with van der Waals surface area (Å²) < 4.78 is 0. The zero-order valence-electron chi connectivity index (χ0n) is 11.6. The molecule has 1 aliphatic carbocycles. The van der Waals surface area contributed by atoms with Crippen LogP contribution in [0.3, 0.4) is 0 Å². The van der Waals surface area contributed by atoms with Crippen molar-refractivity contribution in [2.24, 2.45) is 0 Å². The molecule has 1 atom stereocenters. The number of benzene rings is 1. The smallest absolute Gasteiger partial charge is 0.241 e. The number of nitrogens with zero attached hydrogens (tertiary/aromatic N) is 1. The molecule has 3 nitrogen and oxygen atoms in total. The number of piperidine rings is 1. The summed E-state index contributed by atoms with van der Waals surface area (Å²) in [6.07, 6.45) is 5.86. The summed E-state index contributed by atoms with van der Waals surface area (Å²) in [6.45, 7) is 3.37. The number of amides is 1. The summed E-state index contributed by atoms with van der Waals surface area (Å²) in [5.74, 6) is 0.166. The van der Waals surface area contributed by atoms with Crippen molar-refractivity contribution in [2.45, 2.75) is 50.6 Å². The Bertz CT molecular complexity index is 453. The van der Waals surface area contributed by atoms with Crippen molar-refractivity contribution >= 4 is 11.6 Å². The lowest BCUT2D eigenvalue weighted by Gasteiger charge is -2.39. The molecule has 1 heterocycles. The van der Waals surface area contributed by atoms with Gasteiger partial charge in [0.25, 0.3) is 0 Å². The maximum atomic E-state index is 12.5. The van der Waals surface area contributed by atoms with Crippen LogP contribution in [0.2, 0.25) is 0 Å². The minimum absolute atomic E-state index is 0.0569. The minimum Gasteiger partial charge on any atom is -0.325 e. The Labute approximate surface area is 115 Å². The first kappa shape index (κ1) is 12.7. The van der Waals surface area contributed by atoms with E-state index in [1.807, 2.05) is 30.3 Å². The molecule has 1 N–H and O–H groups in total. The average Bonchev–Trinajstić information content (AvgIpc) is 3.19. The largest absolute Gasteiger partial charge is 0.325 e. The van der Waals surface area contributed by atoms with Crippen LogP contribution in [-0.2, 0) is 4.79 Å². The number of likely N-dealkylation sites (tertiary alicyclic amines) is 1. The SMILES string of the molecule is CC1(N2CCCCC2C(=O)Nc2ccccc2)CC1. The molecule has 1 aliphatic heterocycles. The van der Waals surface area contributed by atoms with Gasteiger partial charge >= 0.3 is 0 Å². The number of carbonyl (C=O) groups excluding carboxylic acids is 1. The number of hydrogen-bond donors (Lipinski definition) is 1. The van der Waals surface area contributed by atoms with Gasteiger partial charge in [0.2, 0.25) is 5.91 Å². The molecule has 19 heavy (non-hydrogen) atoms. The summed E-state index contributed by atoms with van der Waals surface area (Å²) in [5, 5.41) is 3.06. The van der Waals surface area contributed by atoms with E-state index in [1.165, 1.54) is 25.7 Å². The van der Waals surface area contributed by atoms with Gasteiger partial charge in [-0.1, -0.05) is 24.6 Å². The Morgan fingerprint density at radius 3 is 2.68 bits per heavy atom. The van der Waals surface area contributed by atoms with E-state index in [2.05, 4.69) is 17.1 Å². The third kappa shape index (κ3) is 2.66. The summed E-state index contributed by atoms with van der Waals surface area (Å²) >= 11 is 0. The van der Waals surface area contributed by atoms with Crippen LogP contribution in [0.1, 0.15) is 39.0 Å². The molecular formula is C16H22N2O. The standard InChI is InChI=1S/C16H22N2O/c1-16(10-11-16)18-12-6-5-9-14(18)15(19)17-13-7-3-2-4-8-13/h2-4,7-8,14H,5-6,9-12H2,1H3,(H,17,19). The quantitative estimate of drug-likeness (QED) is 0.904. The molecule has 0 aromatic heterocycles. The maximum absolute atomic E-state index is 12.5. The van der Waals surface area contributed by atoms with Crippen molar-refractivity contribution in [3.8, 4) is 0 Å². The molecule has 1 aromatic carbocycles. The van der Waals surface area contributed by atoms with Crippen LogP contribution in [0, 0.1) is 0 Å². The van der Waals surface area contributed by atoms with Crippen molar-refractivity contribution in [1.82, 2.24) is 4.90 Å². The number of hydrogen-bond acceptors (Lipinski definition) is 2. The molecule has 1 saturated carbocycles. The van der Waals surface area contributed by atoms with Gasteiger partial charge in [0.15, 0.2) is 0 Å². The van der Waals surface area contributed by atoms with Gasteiger partial charge in [-0.3, -0.25) is 9.69 Å². The average molecular weight is 258 g/mol. The highest BCUT2D eigenvalue weighted by molar-refractivity contribution is 5.94. The molecule has 0 spiro atoms. The van der Waals surface area contributed by atoms with Gasteiger partial charge in [0.1, 0.15) is 0 Å². The van der Waals surface area contributed by atoms with E-state index < -0.39 is 0 Å². The van der Waals surface area contributed by atoms with Crippen LogP contribution in [0.4, 0.5) is 5.69 Å². The Balaban J connectivity index is 1.70. The number of nitrogens with one attached hydrogen (secondary N) is 1. The van der Waals surface area contributed by atoms with E-state index in [0.717, 1.165) is 18.7 Å². The first-order valence-corrected chi connectivity index (χ1v) is 7.32. The van der Waals surface area contributed by atoms with Crippen LogP contribution in [0.15, 0.2) is 30.3 Å². The fourth-order valence-corrected chi connectivity index (χ4v) is 3.07. The van der Waals surface area contributed by atoms with Crippen LogP contribution >= 0.6 is 0 Å². The highest BCUT2D eigenvalue weighted by Crippen LogP contribution is 2.44. The molecule has 2 fully saturated rings. The molecule has 1 aromatic rings. The van der Waals surface area contributed by atoms with Crippen LogP contribution in [-0.4, -0.2) is 28.9 Å². The molecule has 1 saturated heterocycles. The van der Waals surface area contributed by atoms with Gasteiger partial charge in [0.05, 0.1) is 6.04 Å². The molecule has 3 heteroatoms. The second-order valence-corrected chi connectivity index (χ2v) is 6.06. The third-order valence-electron chi connectivity index (χ3n) is 4.51. The van der Waals surface area contributed by atoms with Crippen LogP contribution < -0.4 is 5.32 Å². The van der Waals surface area contributed by atoms with Gasteiger partial charge < -0.3 is 5.32 Å². The van der Waals surface area contributed by atoms with E-state index in [0.29, 0.717) is 5.54 Å². The Morgan fingerprint density at radius 1 is 1.26 bits per heavy atom. The molecule has 0 radical (unpaired) electrons. The second-order valence-electron chi connectivity index (χ2n) is 6.06. The molecular weight excluding hydrogens is 236 g/mol. The molecule has 1 unspecified atom stereocenters. The zero-order chi connectivity index (χ0) is 13.3. The van der Waals surface area contributed by atoms with Crippen molar-refractivity contribution in [1.29, 1.82) is 0 Å². The number of para-hydroxylation sites is 1. The van der Waals surface area contributed by atoms with E-state index in [4.69, 9.17) is 0 Å². The third-order valence-corrected chi connectivity index (χ3v) is 4.51. The van der Waals surface area contributed by atoms with Gasteiger partial charge in [-0.25, -0.2) is 0 Å². The first-order valence-electron chi connectivity index (χ1n) is 7.32. The van der Waals surface area contributed by atoms with E-state index in [-0.39, 0.29) is 11.9 Å². The van der Waals surface area contributed by atoms with E-state index >= 15 is 0 Å². The van der Waals surface area contributed by atoms with Crippen molar-refractivity contribution in [2.75, 3.05) is 11.9 Å². The normalized spacial score (nSPS) is 25.8. The fourth-order valence-electron chi connectivity index (χ4n) is 3.07. The van der Waals surface area contributed by atoms with Gasteiger partial charge in [0, 0.05) is 11.2 Å². The lowest BCUT2D eigenvalue weighted by atomic mass is 9.98. The van der Waals surface area contributed by atoms with E-state index in [9.17, 15) is 4.79 Å². The highest BCUT2D eigenvalue weighted by Gasteiger charge is 2.48. The Hall–Kier alpha value is -1.35. The Kier molecular flexibility index (Phi) is 3.31. The second kappa shape index (κ2) is 4.97. The molecule has 0 bridgehead atoms. The predicted octanol–water partition coefficient (Wildman–Crippen LogP) is 3.03. The Morgan fingerprint density at radius 2 is 2.00 bits per heavy atom.